The van der Waals surface area contributed by atoms with E-state index in [9.17, 15) is 9.59 Å². The summed E-state index contributed by atoms with van der Waals surface area (Å²) in [6, 6.07) is 11.5. The van der Waals surface area contributed by atoms with Gasteiger partial charge in [0.05, 0.1) is 18.6 Å². The van der Waals surface area contributed by atoms with Gasteiger partial charge in [0.2, 0.25) is 11.8 Å². The summed E-state index contributed by atoms with van der Waals surface area (Å²) in [7, 11) is 0. The fraction of sp³-hybridized carbons (Fsp3) is 0.294. The second-order valence-corrected chi connectivity index (χ2v) is 6.47. The van der Waals surface area contributed by atoms with E-state index in [1.165, 1.54) is 0 Å². The first-order chi connectivity index (χ1) is 11.1. The van der Waals surface area contributed by atoms with Gasteiger partial charge in [0.15, 0.2) is 0 Å². The van der Waals surface area contributed by atoms with Crippen molar-refractivity contribution in [3.8, 4) is 0 Å². The Bertz CT molecular complexity index is 700. The van der Waals surface area contributed by atoms with Crippen LogP contribution in [-0.4, -0.2) is 29.0 Å². The van der Waals surface area contributed by atoms with Crippen LogP contribution in [0, 0.1) is 6.92 Å². The van der Waals surface area contributed by atoms with E-state index >= 15 is 0 Å². The second-order valence-electron chi connectivity index (χ2n) is 5.40. The standard InChI is InChI=1S/C17H18N2O3S/c1-12-5-2-3-7-14(12)17-19(16(21)11-23-17)10-15(20)18-9-13-6-4-8-22-13/h2-8,17H,9-11H2,1H3,(H,18,20)/t17-/m1/s1. The number of rotatable bonds is 5. The molecule has 1 aliphatic rings. The summed E-state index contributed by atoms with van der Waals surface area (Å²) in [5, 5.41) is 2.68. The monoisotopic (exact) mass is 330 g/mol. The van der Waals surface area contributed by atoms with Crippen LogP contribution in [-0.2, 0) is 16.1 Å². The van der Waals surface area contributed by atoms with E-state index in [0.717, 1.165) is 11.1 Å². The van der Waals surface area contributed by atoms with Gasteiger partial charge in [0, 0.05) is 0 Å². The maximum Gasteiger partial charge on any atom is 0.240 e. The van der Waals surface area contributed by atoms with E-state index in [1.54, 1.807) is 35.1 Å². The van der Waals surface area contributed by atoms with Crippen LogP contribution in [0.25, 0.3) is 0 Å². The smallest absolute Gasteiger partial charge is 0.240 e. The van der Waals surface area contributed by atoms with E-state index in [-0.39, 0.29) is 23.7 Å². The van der Waals surface area contributed by atoms with Gasteiger partial charge in [-0.25, -0.2) is 0 Å². The molecule has 0 spiro atoms. The Morgan fingerprint density at radius 1 is 1.35 bits per heavy atom. The average Bonchev–Trinajstić information content (AvgIpc) is 3.17. The predicted octanol–water partition coefficient (Wildman–Crippen LogP) is 2.48. The fourth-order valence-corrected chi connectivity index (χ4v) is 3.84. The van der Waals surface area contributed by atoms with Crippen LogP contribution in [0.4, 0.5) is 0 Å². The quantitative estimate of drug-likeness (QED) is 0.915. The SMILES string of the molecule is Cc1ccccc1[C@H]1SCC(=O)N1CC(=O)NCc1ccco1. The molecule has 2 amide bonds. The molecule has 0 bridgehead atoms. The van der Waals surface area contributed by atoms with Crippen LogP contribution in [0.15, 0.2) is 47.1 Å². The topological polar surface area (TPSA) is 62.6 Å². The maximum atomic E-state index is 12.1. The Morgan fingerprint density at radius 3 is 2.91 bits per heavy atom. The summed E-state index contributed by atoms with van der Waals surface area (Å²) in [6.45, 7) is 2.41. The van der Waals surface area contributed by atoms with Gasteiger partial charge in [0.25, 0.3) is 0 Å². The first-order valence-corrected chi connectivity index (χ1v) is 8.45. The second kappa shape index (κ2) is 6.91. The average molecular weight is 330 g/mol. The van der Waals surface area contributed by atoms with E-state index in [0.29, 0.717) is 18.1 Å². The van der Waals surface area contributed by atoms with Crippen molar-refractivity contribution in [1.82, 2.24) is 10.2 Å². The Hall–Kier alpha value is -2.21. The van der Waals surface area contributed by atoms with Gasteiger partial charge >= 0.3 is 0 Å². The molecule has 1 aromatic carbocycles. The van der Waals surface area contributed by atoms with Gasteiger partial charge in [-0.2, -0.15) is 0 Å². The highest BCUT2D eigenvalue weighted by molar-refractivity contribution is 8.00. The van der Waals surface area contributed by atoms with Gasteiger partial charge < -0.3 is 14.6 Å². The lowest BCUT2D eigenvalue weighted by Gasteiger charge is -2.24. The molecule has 2 heterocycles. The molecule has 23 heavy (non-hydrogen) atoms. The lowest BCUT2D eigenvalue weighted by atomic mass is 10.1. The fourth-order valence-electron chi connectivity index (χ4n) is 2.56. The number of aryl methyl sites for hydroxylation is 1. The first-order valence-electron chi connectivity index (χ1n) is 7.41. The van der Waals surface area contributed by atoms with Crippen LogP contribution >= 0.6 is 11.8 Å². The van der Waals surface area contributed by atoms with Crippen molar-refractivity contribution in [2.75, 3.05) is 12.3 Å². The van der Waals surface area contributed by atoms with Crippen molar-refractivity contribution in [3.05, 3.63) is 59.5 Å². The lowest BCUT2D eigenvalue weighted by Crippen LogP contribution is -2.39. The Kier molecular flexibility index (Phi) is 4.71. The van der Waals surface area contributed by atoms with Crippen LogP contribution in [0.3, 0.4) is 0 Å². The van der Waals surface area contributed by atoms with Crippen molar-refractivity contribution >= 4 is 23.6 Å². The van der Waals surface area contributed by atoms with Crippen molar-refractivity contribution in [3.63, 3.8) is 0 Å². The molecule has 1 saturated heterocycles. The predicted molar refractivity (Wildman–Crippen MR) is 88.6 cm³/mol. The number of hydrogen-bond donors (Lipinski definition) is 1. The number of thioether (sulfide) groups is 1. The molecule has 1 aromatic heterocycles. The molecular weight excluding hydrogens is 312 g/mol. The molecule has 3 rings (SSSR count). The zero-order valence-corrected chi connectivity index (χ0v) is 13.6. The maximum absolute atomic E-state index is 12.1. The molecular formula is C17H18N2O3S. The summed E-state index contributed by atoms with van der Waals surface area (Å²) < 4.78 is 5.18. The third-order valence-corrected chi connectivity index (χ3v) is 5.01. The van der Waals surface area contributed by atoms with Crippen LogP contribution in [0.1, 0.15) is 22.3 Å². The van der Waals surface area contributed by atoms with Crippen molar-refractivity contribution < 1.29 is 14.0 Å². The third-order valence-electron chi connectivity index (χ3n) is 3.78. The molecule has 0 aliphatic carbocycles. The minimum Gasteiger partial charge on any atom is -0.467 e. The zero-order chi connectivity index (χ0) is 16.2. The van der Waals surface area contributed by atoms with Crippen LogP contribution in [0.2, 0.25) is 0 Å². The van der Waals surface area contributed by atoms with Gasteiger partial charge in [-0.1, -0.05) is 24.3 Å². The van der Waals surface area contributed by atoms with Gasteiger partial charge in [-0.05, 0) is 30.2 Å². The van der Waals surface area contributed by atoms with Crippen LogP contribution < -0.4 is 5.32 Å². The highest BCUT2D eigenvalue weighted by atomic mass is 32.2. The van der Waals surface area contributed by atoms with Crippen molar-refractivity contribution in [1.29, 1.82) is 0 Å². The first kappa shape index (κ1) is 15.7. The number of furan rings is 1. The number of nitrogens with zero attached hydrogens (tertiary/aromatic N) is 1. The van der Waals surface area contributed by atoms with E-state index in [4.69, 9.17) is 4.42 Å². The highest BCUT2D eigenvalue weighted by Gasteiger charge is 2.34. The summed E-state index contributed by atoms with van der Waals surface area (Å²) >= 11 is 1.56. The van der Waals surface area contributed by atoms with E-state index in [2.05, 4.69) is 5.32 Å². The molecule has 0 unspecified atom stereocenters. The molecule has 5 nitrogen and oxygen atoms in total. The molecule has 0 radical (unpaired) electrons. The van der Waals surface area contributed by atoms with Crippen molar-refractivity contribution in [2.45, 2.75) is 18.8 Å². The van der Waals surface area contributed by atoms with Gasteiger partial charge in [-0.15, -0.1) is 11.8 Å². The van der Waals surface area contributed by atoms with Gasteiger partial charge in [0.1, 0.15) is 17.7 Å². The number of amides is 2. The normalized spacial score (nSPS) is 17.5. The number of hydrogen-bond acceptors (Lipinski definition) is 4. The molecule has 120 valence electrons. The molecule has 1 atom stereocenters. The molecule has 1 aliphatic heterocycles. The van der Waals surface area contributed by atoms with E-state index < -0.39 is 0 Å². The Labute approximate surface area is 139 Å². The summed E-state index contributed by atoms with van der Waals surface area (Å²) in [5.41, 5.74) is 2.21. The third kappa shape index (κ3) is 3.59. The lowest BCUT2D eigenvalue weighted by molar-refractivity contribution is -0.133. The number of nitrogens with one attached hydrogen (secondary N) is 1. The molecule has 1 N–H and O–H groups in total. The molecule has 6 heteroatoms. The number of carbonyl (C=O) groups is 2. The largest absolute Gasteiger partial charge is 0.467 e. The zero-order valence-electron chi connectivity index (χ0n) is 12.8. The van der Waals surface area contributed by atoms with E-state index in [1.807, 2.05) is 31.2 Å². The summed E-state index contributed by atoms with van der Waals surface area (Å²) in [6.07, 6.45) is 1.57. The van der Waals surface area contributed by atoms with Gasteiger partial charge in [-0.3, -0.25) is 9.59 Å². The minimum atomic E-state index is -0.184. The molecule has 0 saturated carbocycles. The minimum absolute atomic E-state index is 0.00333. The van der Waals surface area contributed by atoms with Crippen molar-refractivity contribution in [2.24, 2.45) is 0 Å². The Balaban J connectivity index is 1.66. The molecule has 1 fully saturated rings. The summed E-state index contributed by atoms with van der Waals surface area (Å²) in [5.74, 6) is 0.910. The Morgan fingerprint density at radius 2 is 2.17 bits per heavy atom. The van der Waals surface area contributed by atoms with Crippen LogP contribution in [0.5, 0.6) is 0 Å². The number of carbonyl (C=O) groups excluding carboxylic acids is 2. The summed E-state index contributed by atoms with van der Waals surface area (Å²) in [4.78, 5) is 25.9. The number of benzene rings is 1. The molecule has 2 aromatic rings. The highest BCUT2D eigenvalue weighted by Crippen LogP contribution is 2.39.